The van der Waals surface area contributed by atoms with Gasteiger partial charge in [-0.15, -0.1) is 23.4 Å². The van der Waals surface area contributed by atoms with Crippen LogP contribution < -0.4 is 0 Å². The van der Waals surface area contributed by atoms with Gasteiger partial charge in [0.05, 0.1) is 16.4 Å². The lowest BCUT2D eigenvalue weighted by molar-refractivity contribution is -0.151. The molecule has 1 rings (SSSR count). The third-order valence-corrected chi connectivity index (χ3v) is 5.21. The van der Waals surface area contributed by atoms with Gasteiger partial charge in [-0.1, -0.05) is 11.8 Å². The maximum Gasteiger partial charge on any atom is 0.347 e. The second kappa shape index (κ2) is 9.44. The topological polar surface area (TPSA) is 78.9 Å². The molecule has 0 aromatic carbocycles. The van der Waals surface area contributed by atoms with Crippen LogP contribution in [0, 0.1) is 0 Å². The van der Waals surface area contributed by atoms with Gasteiger partial charge in [0.25, 0.3) is 0 Å². The quantitative estimate of drug-likeness (QED) is 0.173. The molecule has 0 saturated carbocycles. The van der Waals surface area contributed by atoms with E-state index in [1.54, 1.807) is 27.7 Å². The molecule has 0 aliphatic carbocycles. The number of alkyl halides is 1. The Morgan fingerprint density at radius 2 is 1.65 bits per heavy atom. The third-order valence-electron chi connectivity index (χ3n) is 2.26. The molecule has 1 unspecified atom stereocenters. The van der Waals surface area contributed by atoms with Crippen molar-refractivity contribution in [3.63, 3.8) is 0 Å². The number of halogens is 1. The number of thioether (sulfide) groups is 2. The Morgan fingerprint density at radius 1 is 1.13 bits per heavy atom. The van der Waals surface area contributed by atoms with Crippen molar-refractivity contribution >= 4 is 53.0 Å². The smallest absolute Gasteiger partial charge is 0.347 e. The van der Waals surface area contributed by atoms with Gasteiger partial charge in [-0.25, -0.2) is 9.59 Å². The van der Waals surface area contributed by atoms with Crippen LogP contribution >= 0.6 is 35.1 Å². The van der Waals surface area contributed by atoms with E-state index in [1.807, 2.05) is 0 Å². The predicted molar refractivity (Wildman–Crippen MR) is 90.1 cm³/mol. The third kappa shape index (κ3) is 6.64. The van der Waals surface area contributed by atoms with Gasteiger partial charge in [0.1, 0.15) is 5.88 Å². The molecular weight excluding hydrogens is 364 g/mol. The fourth-order valence-corrected chi connectivity index (χ4v) is 4.18. The van der Waals surface area contributed by atoms with Crippen LogP contribution in [0.5, 0.6) is 0 Å². The van der Waals surface area contributed by atoms with Gasteiger partial charge in [-0.05, 0) is 27.7 Å². The van der Waals surface area contributed by atoms with Gasteiger partial charge in [0.2, 0.25) is 0 Å². The average molecular weight is 383 g/mol. The van der Waals surface area contributed by atoms with E-state index in [0.717, 1.165) is 11.8 Å². The summed E-state index contributed by atoms with van der Waals surface area (Å²) in [7, 11) is 0. The average Bonchev–Trinajstić information content (AvgIpc) is 2.84. The minimum absolute atomic E-state index is 0.160. The van der Waals surface area contributed by atoms with Crippen molar-refractivity contribution in [2.45, 2.75) is 45.3 Å². The predicted octanol–water partition coefficient (Wildman–Crippen LogP) is 2.69. The molecule has 0 N–H and O–H groups in total. The summed E-state index contributed by atoms with van der Waals surface area (Å²) in [4.78, 5) is 35.7. The Hall–Kier alpha value is -0.860. The monoisotopic (exact) mass is 382 g/mol. The molecule has 1 aliphatic heterocycles. The molecule has 0 amide bonds. The largest absolute Gasteiger partial charge is 0.459 e. The van der Waals surface area contributed by atoms with Crippen LogP contribution in [0.25, 0.3) is 0 Å². The second-order valence-corrected chi connectivity index (χ2v) is 7.78. The summed E-state index contributed by atoms with van der Waals surface area (Å²) in [6, 6.07) is 0. The van der Waals surface area contributed by atoms with E-state index in [0.29, 0.717) is 9.99 Å². The van der Waals surface area contributed by atoms with E-state index in [1.165, 1.54) is 11.8 Å². The molecule has 1 aliphatic rings. The van der Waals surface area contributed by atoms with Gasteiger partial charge in [-0.3, -0.25) is 4.79 Å². The lowest BCUT2D eigenvalue weighted by Crippen LogP contribution is -2.24. The molecule has 1 saturated heterocycles. The Balaban J connectivity index is 2.96. The number of hydrogen-bond acceptors (Lipinski definition) is 8. The maximum atomic E-state index is 12.2. The summed E-state index contributed by atoms with van der Waals surface area (Å²) in [5.41, 5.74) is -0.665. The molecule has 0 radical (unpaired) electrons. The van der Waals surface area contributed by atoms with Crippen LogP contribution in [0.15, 0.2) is 9.81 Å². The Morgan fingerprint density at radius 3 is 2.09 bits per heavy atom. The van der Waals surface area contributed by atoms with Gasteiger partial charge in [0.15, 0.2) is 11.0 Å². The standard InChI is InChI=1S/C14H19ClO6S2/c1-7(2)19-12(17)11(13(18)20-8(3)4)14-22-6-10(23-14)21-9(16)5-15/h7-8,10H,5-6H2,1-4H3. The number of ether oxygens (including phenoxy) is 3. The molecule has 0 aromatic rings. The molecule has 1 atom stereocenters. The summed E-state index contributed by atoms with van der Waals surface area (Å²) < 4.78 is 15.7. The van der Waals surface area contributed by atoms with Crippen molar-refractivity contribution in [3.8, 4) is 0 Å². The van der Waals surface area contributed by atoms with Crippen molar-refractivity contribution in [2.24, 2.45) is 0 Å². The Bertz CT molecular complexity index is 479. The van der Waals surface area contributed by atoms with Crippen molar-refractivity contribution in [1.82, 2.24) is 0 Å². The molecule has 23 heavy (non-hydrogen) atoms. The van der Waals surface area contributed by atoms with Gasteiger partial charge >= 0.3 is 17.9 Å². The molecular formula is C14H19ClO6S2. The Kier molecular flexibility index (Phi) is 8.28. The van der Waals surface area contributed by atoms with Gasteiger partial charge in [-0.2, -0.15) is 0 Å². The first-order chi connectivity index (χ1) is 10.7. The summed E-state index contributed by atoms with van der Waals surface area (Å²) in [6.45, 7) is 6.75. The zero-order chi connectivity index (χ0) is 17.6. The highest BCUT2D eigenvalue weighted by Gasteiger charge is 2.34. The van der Waals surface area contributed by atoms with Crippen LogP contribution in [0.3, 0.4) is 0 Å². The fourth-order valence-electron chi connectivity index (χ4n) is 1.49. The molecule has 0 spiro atoms. The molecule has 9 heteroatoms. The number of rotatable bonds is 6. The summed E-state index contributed by atoms with van der Waals surface area (Å²) >= 11 is 7.75. The van der Waals surface area contributed by atoms with Gasteiger partial charge in [0, 0.05) is 5.75 Å². The van der Waals surface area contributed by atoms with Crippen LogP contribution in [0.1, 0.15) is 27.7 Å². The van der Waals surface area contributed by atoms with Crippen LogP contribution in [0.2, 0.25) is 0 Å². The molecule has 1 heterocycles. The van der Waals surface area contributed by atoms with E-state index < -0.39 is 23.3 Å². The minimum atomic E-state index is -0.745. The highest BCUT2D eigenvalue weighted by molar-refractivity contribution is 8.25. The lowest BCUT2D eigenvalue weighted by atomic mass is 10.3. The van der Waals surface area contributed by atoms with Crippen molar-refractivity contribution in [2.75, 3.05) is 11.6 Å². The fraction of sp³-hybridized carbons (Fsp3) is 0.643. The van der Waals surface area contributed by atoms with Crippen LogP contribution in [-0.4, -0.2) is 47.2 Å². The second-order valence-electron chi connectivity index (χ2n) is 5.05. The van der Waals surface area contributed by atoms with Crippen molar-refractivity contribution in [3.05, 3.63) is 9.81 Å². The highest BCUT2D eigenvalue weighted by atomic mass is 35.5. The zero-order valence-electron chi connectivity index (χ0n) is 13.3. The van der Waals surface area contributed by atoms with Crippen molar-refractivity contribution in [1.29, 1.82) is 0 Å². The van der Waals surface area contributed by atoms with E-state index in [-0.39, 0.29) is 23.7 Å². The lowest BCUT2D eigenvalue weighted by Gasteiger charge is -2.14. The first kappa shape index (κ1) is 20.2. The number of carbonyl (C=O) groups excluding carboxylic acids is 3. The normalized spacial score (nSPS) is 17.3. The number of carbonyl (C=O) groups is 3. The minimum Gasteiger partial charge on any atom is -0.459 e. The summed E-state index contributed by atoms with van der Waals surface area (Å²) in [5, 5.41) is 0. The van der Waals surface area contributed by atoms with Crippen LogP contribution in [-0.2, 0) is 28.6 Å². The van der Waals surface area contributed by atoms with E-state index in [2.05, 4.69) is 0 Å². The molecule has 130 valence electrons. The highest BCUT2D eigenvalue weighted by Crippen LogP contribution is 2.44. The molecule has 6 nitrogen and oxygen atoms in total. The number of hydrogen-bond donors (Lipinski definition) is 0. The van der Waals surface area contributed by atoms with E-state index >= 15 is 0 Å². The first-order valence-electron chi connectivity index (χ1n) is 6.95. The van der Waals surface area contributed by atoms with E-state index in [4.69, 9.17) is 25.8 Å². The SMILES string of the molecule is CC(C)OC(=O)C(C(=O)OC(C)C)=C1SCC(OC(=O)CCl)S1. The van der Waals surface area contributed by atoms with Crippen molar-refractivity contribution < 1.29 is 28.6 Å². The zero-order valence-corrected chi connectivity index (χ0v) is 15.7. The molecule has 1 fully saturated rings. The molecule has 0 aromatic heterocycles. The first-order valence-corrected chi connectivity index (χ1v) is 9.35. The van der Waals surface area contributed by atoms with Gasteiger partial charge < -0.3 is 14.2 Å². The Labute approximate surface area is 148 Å². The van der Waals surface area contributed by atoms with Crippen LogP contribution in [0.4, 0.5) is 0 Å². The maximum absolute atomic E-state index is 12.2. The molecule has 0 bridgehead atoms. The summed E-state index contributed by atoms with van der Waals surface area (Å²) in [6.07, 6.45) is -0.738. The van der Waals surface area contributed by atoms with E-state index in [9.17, 15) is 14.4 Å². The number of esters is 3. The summed E-state index contributed by atoms with van der Waals surface area (Å²) in [5.74, 6) is -1.88.